The topological polar surface area (TPSA) is 47.6 Å². The Morgan fingerprint density at radius 1 is 1.15 bits per heavy atom. The molecule has 1 N–H and O–H groups in total. The van der Waals surface area contributed by atoms with E-state index in [-0.39, 0.29) is 12.0 Å². The monoisotopic (exact) mass is 419 g/mol. The zero-order valence-corrected chi connectivity index (χ0v) is 17.1. The molecule has 0 aliphatic carbocycles. The van der Waals surface area contributed by atoms with E-state index in [2.05, 4.69) is 28.2 Å². The lowest BCUT2D eigenvalue weighted by Crippen LogP contribution is -2.23. The summed E-state index contributed by atoms with van der Waals surface area (Å²) in [5.41, 5.74) is 1.55. The van der Waals surface area contributed by atoms with Crippen LogP contribution in [-0.2, 0) is 6.54 Å². The molecule has 0 radical (unpaired) electrons. The van der Waals surface area contributed by atoms with Crippen molar-refractivity contribution in [2.24, 2.45) is 0 Å². The van der Waals surface area contributed by atoms with Crippen LogP contribution in [0.3, 0.4) is 0 Å². The number of rotatable bonds is 9. The second-order valence-electron chi connectivity index (χ2n) is 6.34. The highest BCUT2D eigenvalue weighted by Gasteiger charge is 2.13. The van der Waals surface area contributed by atoms with Gasteiger partial charge in [0, 0.05) is 11.0 Å². The number of carbonyl (C=O) groups is 1. The van der Waals surface area contributed by atoms with Crippen LogP contribution in [0.4, 0.5) is 0 Å². The number of carbonyl (C=O) groups excluding carboxylic acids is 1. The van der Waals surface area contributed by atoms with Gasteiger partial charge in [-0.25, -0.2) is 0 Å². The van der Waals surface area contributed by atoms with Gasteiger partial charge >= 0.3 is 0 Å². The summed E-state index contributed by atoms with van der Waals surface area (Å²) in [5.74, 6) is 1.29. The summed E-state index contributed by atoms with van der Waals surface area (Å²) < 4.78 is 12.2. The van der Waals surface area contributed by atoms with Crippen LogP contribution in [0.1, 0.15) is 49.5 Å². The molecule has 0 heterocycles. The minimum absolute atomic E-state index is 0.142. The first-order valence-electron chi connectivity index (χ1n) is 8.95. The van der Waals surface area contributed by atoms with Crippen LogP contribution in [0.15, 0.2) is 46.9 Å². The molecule has 1 amide bonds. The summed E-state index contributed by atoms with van der Waals surface area (Å²) in [6.45, 7) is 7.14. The number of hydrogen-bond donors (Lipinski definition) is 1. The minimum atomic E-state index is -0.152. The molecule has 2 aromatic carbocycles. The van der Waals surface area contributed by atoms with E-state index in [0.29, 0.717) is 24.5 Å². The van der Waals surface area contributed by atoms with Crippen LogP contribution in [0.25, 0.3) is 0 Å². The number of hydrogen-bond acceptors (Lipinski definition) is 3. The highest BCUT2D eigenvalue weighted by atomic mass is 79.9. The van der Waals surface area contributed by atoms with Crippen molar-refractivity contribution in [2.45, 2.75) is 46.3 Å². The lowest BCUT2D eigenvalue weighted by atomic mass is 10.1. The molecule has 26 heavy (non-hydrogen) atoms. The van der Waals surface area contributed by atoms with Crippen LogP contribution in [0, 0.1) is 0 Å². The van der Waals surface area contributed by atoms with Crippen LogP contribution in [0.2, 0.25) is 0 Å². The molecule has 0 saturated heterocycles. The molecular formula is C21H26BrNO3. The molecular weight excluding hydrogens is 394 g/mol. The maximum absolute atomic E-state index is 12.6. The Hall–Kier alpha value is -2.01. The third kappa shape index (κ3) is 6.37. The molecule has 0 unspecified atom stereocenters. The zero-order chi connectivity index (χ0) is 18.9. The number of unbranched alkanes of at least 4 members (excludes halogenated alkanes) is 1. The van der Waals surface area contributed by atoms with Crippen molar-refractivity contribution >= 4 is 21.8 Å². The third-order valence-corrected chi connectivity index (χ3v) is 4.18. The van der Waals surface area contributed by atoms with Gasteiger partial charge in [0.05, 0.1) is 18.3 Å². The van der Waals surface area contributed by atoms with Gasteiger partial charge in [0.2, 0.25) is 0 Å². The molecule has 0 atom stereocenters. The predicted octanol–water partition coefficient (Wildman–Crippen LogP) is 5.35. The summed E-state index contributed by atoms with van der Waals surface area (Å²) in [5, 5.41) is 2.95. The Labute approximate surface area is 164 Å². The fourth-order valence-electron chi connectivity index (χ4n) is 2.37. The van der Waals surface area contributed by atoms with Crippen molar-refractivity contribution in [1.29, 1.82) is 0 Å². The van der Waals surface area contributed by atoms with E-state index in [9.17, 15) is 4.79 Å². The summed E-state index contributed by atoms with van der Waals surface area (Å²) in [6.07, 6.45) is 2.15. The van der Waals surface area contributed by atoms with Gasteiger partial charge in [0.1, 0.15) is 11.5 Å². The van der Waals surface area contributed by atoms with Gasteiger partial charge in [-0.3, -0.25) is 4.79 Å². The minimum Gasteiger partial charge on any atom is -0.493 e. The van der Waals surface area contributed by atoms with Gasteiger partial charge in [-0.15, -0.1) is 0 Å². The van der Waals surface area contributed by atoms with E-state index in [1.165, 1.54) is 0 Å². The van der Waals surface area contributed by atoms with Crippen molar-refractivity contribution < 1.29 is 14.3 Å². The molecule has 5 heteroatoms. The molecule has 0 fully saturated rings. The molecule has 0 aliphatic heterocycles. The summed E-state index contributed by atoms with van der Waals surface area (Å²) in [7, 11) is 0. The van der Waals surface area contributed by atoms with Crippen molar-refractivity contribution in [2.75, 3.05) is 6.61 Å². The first-order valence-corrected chi connectivity index (χ1v) is 9.75. The first-order chi connectivity index (χ1) is 12.5. The molecule has 2 aromatic rings. The quantitative estimate of drug-likeness (QED) is 0.557. The number of halogens is 1. The molecule has 2 rings (SSSR count). The Morgan fingerprint density at radius 3 is 2.54 bits per heavy atom. The fourth-order valence-corrected chi connectivity index (χ4v) is 2.73. The molecule has 4 nitrogen and oxygen atoms in total. The number of amides is 1. The van der Waals surface area contributed by atoms with Crippen LogP contribution < -0.4 is 14.8 Å². The van der Waals surface area contributed by atoms with Gasteiger partial charge in [-0.2, -0.15) is 0 Å². The normalized spacial score (nSPS) is 10.7. The maximum atomic E-state index is 12.6. The lowest BCUT2D eigenvalue weighted by molar-refractivity contribution is 0.0946. The second-order valence-corrected chi connectivity index (χ2v) is 7.25. The average molecular weight is 420 g/mol. The molecule has 0 aliphatic rings. The first kappa shape index (κ1) is 20.3. The average Bonchev–Trinajstić information content (AvgIpc) is 2.61. The summed E-state index contributed by atoms with van der Waals surface area (Å²) in [6, 6.07) is 13.2. The molecule has 140 valence electrons. The highest BCUT2D eigenvalue weighted by molar-refractivity contribution is 9.10. The Bertz CT molecular complexity index is 714. The van der Waals surface area contributed by atoms with Crippen molar-refractivity contribution in [1.82, 2.24) is 5.32 Å². The highest BCUT2D eigenvalue weighted by Crippen LogP contribution is 2.24. The van der Waals surface area contributed by atoms with E-state index >= 15 is 0 Å². The summed E-state index contributed by atoms with van der Waals surface area (Å²) >= 11 is 3.42. The Balaban J connectivity index is 1.99. The van der Waals surface area contributed by atoms with E-state index in [1.807, 2.05) is 50.2 Å². The van der Waals surface area contributed by atoms with Crippen molar-refractivity contribution in [3.8, 4) is 11.5 Å². The standard InChI is InChI=1S/C21H26BrNO3/c1-4-5-12-25-20-11-8-17(22)13-19(20)21(24)23-14-16-6-9-18(10-7-16)26-15(2)3/h6-11,13,15H,4-5,12,14H2,1-3H3,(H,23,24). The predicted molar refractivity (Wildman–Crippen MR) is 108 cm³/mol. The van der Waals surface area contributed by atoms with Gasteiger partial charge < -0.3 is 14.8 Å². The van der Waals surface area contributed by atoms with Crippen molar-refractivity contribution in [3.05, 3.63) is 58.1 Å². The Kier molecular flexibility index (Phi) is 7.98. The van der Waals surface area contributed by atoms with Gasteiger partial charge in [-0.05, 0) is 56.2 Å². The number of ether oxygens (including phenoxy) is 2. The van der Waals surface area contributed by atoms with Crippen LogP contribution >= 0.6 is 15.9 Å². The van der Waals surface area contributed by atoms with Gasteiger partial charge in [0.15, 0.2) is 0 Å². The zero-order valence-electron chi connectivity index (χ0n) is 15.5. The van der Waals surface area contributed by atoms with Gasteiger partial charge in [-0.1, -0.05) is 41.4 Å². The van der Waals surface area contributed by atoms with E-state index in [0.717, 1.165) is 28.6 Å². The maximum Gasteiger partial charge on any atom is 0.255 e. The smallest absolute Gasteiger partial charge is 0.255 e. The van der Waals surface area contributed by atoms with Crippen molar-refractivity contribution in [3.63, 3.8) is 0 Å². The third-order valence-electron chi connectivity index (χ3n) is 3.69. The van der Waals surface area contributed by atoms with E-state index < -0.39 is 0 Å². The number of benzene rings is 2. The van der Waals surface area contributed by atoms with Crippen LogP contribution in [-0.4, -0.2) is 18.6 Å². The second kappa shape index (κ2) is 10.2. The fraction of sp³-hybridized carbons (Fsp3) is 0.381. The number of nitrogens with one attached hydrogen (secondary N) is 1. The molecule has 0 saturated carbocycles. The lowest BCUT2D eigenvalue weighted by Gasteiger charge is -2.13. The molecule has 0 bridgehead atoms. The largest absolute Gasteiger partial charge is 0.493 e. The molecule has 0 aromatic heterocycles. The summed E-state index contributed by atoms with van der Waals surface area (Å²) in [4.78, 5) is 12.6. The molecule has 0 spiro atoms. The van der Waals surface area contributed by atoms with Gasteiger partial charge in [0.25, 0.3) is 5.91 Å². The van der Waals surface area contributed by atoms with E-state index in [4.69, 9.17) is 9.47 Å². The Morgan fingerprint density at radius 2 is 1.88 bits per heavy atom. The van der Waals surface area contributed by atoms with Crippen LogP contribution in [0.5, 0.6) is 11.5 Å². The van der Waals surface area contributed by atoms with E-state index in [1.54, 1.807) is 6.07 Å². The SMILES string of the molecule is CCCCOc1ccc(Br)cc1C(=O)NCc1ccc(OC(C)C)cc1.